The Hall–Kier alpha value is -3.39. The van der Waals surface area contributed by atoms with Gasteiger partial charge in [-0.1, -0.05) is 36.4 Å². The summed E-state index contributed by atoms with van der Waals surface area (Å²) in [7, 11) is -3.69. The summed E-state index contributed by atoms with van der Waals surface area (Å²) in [5.41, 5.74) is 1.58. The third-order valence-electron chi connectivity index (χ3n) is 5.63. The third-order valence-corrected chi connectivity index (χ3v) is 7.32. The number of benzene rings is 2. The Bertz CT molecular complexity index is 1300. The molecule has 172 valence electrons. The second kappa shape index (κ2) is 10.5. The molecule has 8 heteroatoms. The molecule has 2 aromatic carbocycles. The van der Waals surface area contributed by atoms with Gasteiger partial charge in [-0.25, -0.2) is 17.4 Å². The van der Waals surface area contributed by atoms with Gasteiger partial charge in [0.2, 0.25) is 5.91 Å². The Kier molecular flexibility index (Phi) is 7.24. The predicted octanol–water partition coefficient (Wildman–Crippen LogP) is 3.99. The van der Waals surface area contributed by atoms with E-state index in [1.165, 1.54) is 3.97 Å². The van der Waals surface area contributed by atoms with E-state index in [9.17, 15) is 13.2 Å². The highest BCUT2D eigenvalue weighted by molar-refractivity contribution is 7.90. The monoisotopic (exact) mass is 464 g/mol. The molecule has 0 aliphatic carbocycles. The van der Waals surface area contributed by atoms with E-state index in [1.807, 2.05) is 35.0 Å². The van der Waals surface area contributed by atoms with Crippen LogP contribution in [-0.4, -0.2) is 34.4 Å². The van der Waals surface area contributed by atoms with Gasteiger partial charge in [-0.2, -0.15) is 0 Å². The number of imidazole rings is 1. The van der Waals surface area contributed by atoms with Gasteiger partial charge in [-0.05, 0) is 49.4 Å². The summed E-state index contributed by atoms with van der Waals surface area (Å²) < 4.78 is 29.7. The average Bonchev–Trinajstić information content (AvgIpc) is 3.48. The first-order valence-electron chi connectivity index (χ1n) is 11.2. The molecule has 4 aromatic rings. The van der Waals surface area contributed by atoms with E-state index < -0.39 is 10.0 Å². The largest absolute Gasteiger partial charge is 0.356 e. The number of hydrogen-bond acceptors (Lipinski definition) is 4. The topological polar surface area (TPSA) is 86.0 Å². The molecule has 0 saturated carbocycles. The van der Waals surface area contributed by atoms with Crippen LogP contribution in [0.4, 0.5) is 0 Å². The Labute approximate surface area is 194 Å². The molecular weight excluding hydrogens is 436 g/mol. The Morgan fingerprint density at radius 3 is 2.55 bits per heavy atom. The number of amides is 1. The van der Waals surface area contributed by atoms with Crippen LogP contribution in [0.25, 0.3) is 10.9 Å². The zero-order valence-electron chi connectivity index (χ0n) is 18.4. The Morgan fingerprint density at radius 2 is 1.76 bits per heavy atom. The zero-order chi connectivity index (χ0) is 23.1. The maximum absolute atomic E-state index is 13.2. The molecule has 0 radical (unpaired) electrons. The number of unbranched alkanes of at least 4 members (excludes halogenated alkanes) is 1. The minimum absolute atomic E-state index is 0.0262. The van der Waals surface area contributed by atoms with Crippen molar-refractivity contribution in [3.8, 4) is 0 Å². The fourth-order valence-corrected chi connectivity index (χ4v) is 5.33. The molecule has 7 nitrogen and oxygen atoms in total. The summed E-state index contributed by atoms with van der Waals surface area (Å²) in [5.74, 6) is 0.0262. The van der Waals surface area contributed by atoms with Crippen molar-refractivity contribution in [1.82, 2.24) is 18.8 Å². The van der Waals surface area contributed by atoms with E-state index in [4.69, 9.17) is 0 Å². The molecule has 0 bridgehead atoms. The molecule has 0 saturated heterocycles. The van der Waals surface area contributed by atoms with Crippen LogP contribution >= 0.6 is 0 Å². The molecule has 1 amide bonds. The van der Waals surface area contributed by atoms with Crippen molar-refractivity contribution in [2.45, 2.75) is 43.5 Å². The van der Waals surface area contributed by atoms with Crippen molar-refractivity contribution in [2.75, 3.05) is 6.54 Å². The van der Waals surface area contributed by atoms with Gasteiger partial charge in [-0.15, -0.1) is 0 Å². The van der Waals surface area contributed by atoms with Gasteiger partial charge in [0.15, 0.2) is 0 Å². The molecule has 33 heavy (non-hydrogen) atoms. The quantitative estimate of drug-likeness (QED) is 0.340. The van der Waals surface area contributed by atoms with Crippen molar-refractivity contribution in [2.24, 2.45) is 0 Å². The number of rotatable bonds is 11. The molecule has 2 heterocycles. The lowest BCUT2D eigenvalue weighted by Crippen LogP contribution is -2.24. The minimum Gasteiger partial charge on any atom is -0.356 e. The fourth-order valence-electron chi connectivity index (χ4n) is 3.92. The van der Waals surface area contributed by atoms with Gasteiger partial charge in [0.05, 0.1) is 16.7 Å². The summed E-state index contributed by atoms with van der Waals surface area (Å²) >= 11 is 0. The van der Waals surface area contributed by atoms with E-state index in [0.717, 1.165) is 30.3 Å². The van der Waals surface area contributed by atoms with E-state index >= 15 is 0 Å². The van der Waals surface area contributed by atoms with Crippen LogP contribution in [0, 0.1) is 0 Å². The fraction of sp³-hybridized carbons (Fsp3) is 0.280. The lowest BCUT2D eigenvalue weighted by molar-refractivity contribution is -0.121. The highest BCUT2D eigenvalue weighted by Crippen LogP contribution is 2.27. The number of carbonyl (C=O) groups is 1. The van der Waals surface area contributed by atoms with Crippen molar-refractivity contribution in [3.63, 3.8) is 0 Å². The first kappa shape index (κ1) is 22.8. The van der Waals surface area contributed by atoms with Gasteiger partial charge in [0.25, 0.3) is 10.0 Å². The maximum atomic E-state index is 13.2. The molecule has 2 aromatic heterocycles. The average molecular weight is 465 g/mol. The summed E-state index contributed by atoms with van der Waals surface area (Å²) in [5, 5.41) is 3.87. The van der Waals surface area contributed by atoms with E-state index in [2.05, 4.69) is 10.3 Å². The first-order valence-corrected chi connectivity index (χ1v) is 12.6. The zero-order valence-corrected chi connectivity index (χ0v) is 19.2. The first-order chi connectivity index (χ1) is 16.1. The normalized spacial score (nSPS) is 11.6. The standard InChI is InChI=1S/C25H28N4O3S/c30-25(27-15-6-7-17-28-18-16-26-20-28)14-8-9-21-19-29(24-13-5-4-12-23(21)24)33(31,32)22-10-2-1-3-11-22/h1-5,10-13,16,18-20H,6-9,14-15,17H2,(H,27,30). The van der Waals surface area contributed by atoms with Crippen molar-refractivity contribution in [3.05, 3.63) is 85.1 Å². The summed E-state index contributed by atoms with van der Waals surface area (Å²) in [6.45, 7) is 1.55. The van der Waals surface area contributed by atoms with Gasteiger partial charge in [0, 0.05) is 43.5 Å². The smallest absolute Gasteiger partial charge is 0.268 e. The van der Waals surface area contributed by atoms with Crippen molar-refractivity contribution < 1.29 is 13.2 Å². The molecule has 0 unspecified atom stereocenters. The van der Waals surface area contributed by atoms with Crippen LogP contribution in [-0.2, 0) is 27.8 Å². The number of carbonyl (C=O) groups excluding carboxylic acids is 1. The molecule has 0 aliphatic rings. The minimum atomic E-state index is -3.69. The number of para-hydroxylation sites is 1. The number of fused-ring (bicyclic) bond motifs is 1. The number of hydrogen-bond donors (Lipinski definition) is 1. The molecule has 1 N–H and O–H groups in total. The van der Waals surface area contributed by atoms with Crippen LogP contribution in [0.2, 0.25) is 0 Å². The predicted molar refractivity (Wildman–Crippen MR) is 128 cm³/mol. The van der Waals surface area contributed by atoms with E-state index in [0.29, 0.717) is 31.3 Å². The Balaban J connectivity index is 1.33. The van der Waals surface area contributed by atoms with Crippen molar-refractivity contribution in [1.29, 1.82) is 0 Å². The van der Waals surface area contributed by atoms with Crippen LogP contribution in [0.15, 0.2) is 84.4 Å². The number of aryl methyl sites for hydroxylation is 2. The van der Waals surface area contributed by atoms with Crippen LogP contribution in [0.5, 0.6) is 0 Å². The third kappa shape index (κ3) is 5.51. The number of nitrogens with one attached hydrogen (secondary N) is 1. The second-order valence-corrected chi connectivity index (χ2v) is 9.81. The van der Waals surface area contributed by atoms with E-state index in [1.54, 1.807) is 49.1 Å². The van der Waals surface area contributed by atoms with Gasteiger partial charge >= 0.3 is 0 Å². The summed E-state index contributed by atoms with van der Waals surface area (Å²) in [6, 6.07) is 15.9. The van der Waals surface area contributed by atoms with Crippen LogP contribution in [0.3, 0.4) is 0 Å². The van der Waals surface area contributed by atoms with Gasteiger partial charge in [-0.3, -0.25) is 4.79 Å². The molecule has 4 rings (SSSR count). The second-order valence-electron chi connectivity index (χ2n) is 8.00. The molecule has 0 spiro atoms. The SMILES string of the molecule is O=C(CCCc1cn(S(=O)(=O)c2ccccc2)c2ccccc12)NCCCCn1ccnc1. The van der Waals surface area contributed by atoms with Crippen LogP contribution in [0.1, 0.15) is 31.2 Å². The Morgan fingerprint density at radius 1 is 0.970 bits per heavy atom. The van der Waals surface area contributed by atoms with Crippen LogP contribution < -0.4 is 5.32 Å². The highest BCUT2D eigenvalue weighted by Gasteiger charge is 2.20. The maximum Gasteiger partial charge on any atom is 0.268 e. The lowest BCUT2D eigenvalue weighted by atomic mass is 10.1. The lowest BCUT2D eigenvalue weighted by Gasteiger charge is -2.07. The number of aromatic nitrogens is 3. The summed E-state index contributed by atoms with van der Waals surface area (Å²) in [4.78, 5) is 16.5. The van der Waals surface area contributed by atoms with Gasteiger partial charge in [0.1, 0.15) is 0 Å². The molecule has 0 fully saturated rings. The molecule has 0 atom stereocenters. The number of nitrogens with zero attached hydrogens (tertiary/aromatic N) is 3. The molecule has 0 aliphatic heterocycles. The molecular formula is C25H28N4O3S. The van der Waals surface area contributed by atoms with E-state index in [-0.39, 0.29) is 10.8 Å². The summed E-state index contributed by atoms with van der Waals surface area (Å²) in [6.07, 6.45) is 10.8. The van der Waals surface area contributed by atoms with Crippen molar-refractivity contribution >= 4 is 26.8 Å². The van der Waals surface area contributed by atoms with Gasteiger partial charge < -0.3 is 9.88 Å². The highest BCUT2D eigenvalue weighted by atomic mass is 32.2.